The third-order valence-corrected chi connectivity index (χ3v) is 3.55. The van der Waals surface area contributed by atoms with Gasteiger partial charge in [-0.3, -0.25) is 4.79 Å². The van der Waals surface area contributed by atoms with E-state index in [1.54, 1.807) is 0 Å². The molecule has 80 valence electrons. The van der Waals surface area contributed by atoms with E-state index in [2.05, 4.69) is 6.08 Å². The predicted molar refractivity (Wildman–Crippen MR) is 56.9 cm³/mol. The van der Waals surface area contributed by atoms with Gasteiger partial charge in [0.05, 0.1) is 5.76 Å². The van der Waals surface area contributed by atoms with Crippen LogP contribution in [-0.4, -0.2) is 14.5 Å². The summed E-state index contributed by atoms with van der Waals surface area (Å²) in [5.74, 6) is 0.757. The van der Waals surface area contributed by atoms with Crippen molar-refractivity contribution in [1.29, 1.82) is 0 Å². The highest BCUT2D eigenvalue weighted by molar-refractivity contribution is 6.66. The van der Waals surface area contributed by atoms with Gasteiger partial charge >= 0.3 is 8.56 Å². The minimum absolute atomic E-state index is 0.252. The maximum atomic E-state index is 10.8. The zero-order chi connectivity index (χ0) is 10.6. The number of hydrogen-bond acceptors (Lipinski definition) is 3. The molecule has 1 rings (SSSR count). The lowest BCUT2D eigenvalue weighted by Gasteiger charge is -2.25. The highest BCUT2D eigenvalue weighted by atomic mass is 28.4. The molecule has 0 aromatic rings. The Kier molecular flexibility index (Phi) is 3.75. The number of rotatable bonds is 3. The standard InChI is InChI=1S/C10H18O3Si/c1-9(11)12-14(2,3)13-10-7-5-4-6-8-10/h7H,4-6,8H2,1-3H3. The van der Waals surface area contributed by atoms with Crippen LogP contribution in [0.1, 0.15) is 32.6 Å². The second-order valence-corrected chi connectivity index (χ2v) is 7.22. The Hall–Kier alpha value is -0.773. The van der Waals surface area contributed by atoms with Crippen LogP contribution >= 0.6 is 0 Å². The smallest absolute Gasteiger partial charge is 0.455 e. The molecule has 1 aliphatic carbocycles. The summed E-state index contributed by atoms with van der Waals surface area (Å²) in [4.78, 5) is 10.8. The number of hydrogen-bond donors (Lipinski definition) is 0. The molecule has 4 heteroatoms. The van der Waals surface area contributed by atoms with E-state index in [0.29, 0.717) is 0 Å². The summed E-state index contributed by atoms with van der Waals surface area (Å²) in [7, 11) is -2.27. The summed E-state index contributed by atoms with van der Waals surface area (Å²) in [5.41, 5.74) is 0. The predicted octanol–water partition coefficient (Wildman–Crippen LogP) is 2.73. The Labute approximate surface area is 86.3 Å². The number of carbonyl (C=O) groups excluding carboxylic acids is 1. The molecule has 0 fully saturated rings. The molecular weight excluding hydrogens is 196 g/mol. The summed E-state index contributed by atoms with van der Waals surface area (Å²) in [5, 5.41) is 0. The van der Waals surface area contributed by atoms with Gasteiger partial charge < -0.3 is 8.85 Å². The molecule has 1 aliphatic rings. The number of allylic oxidation sites excluding steroid dienone is 2. The molecule has 0 spiro atoms. The molecule has 0 saturated heterocycles. The third-order valence-electron chi connectivity index (χ3n) is 2.02. The molecule has 0 aromatic carbocycles. The molecule has 0 radical (unpaired) electrons. The van der Waals surface area contributed by atoms with Crippen molar-refractivity contribution in [2.75, 3.05) is 0 Å². The molecule has 0 N–H and O–H groups in total. The average molecular weight is 214 g/mol. The van der Waals surface area contributed by atoms with Gasteiger partial charge in [-0.05, 0) is 25.3 Å². The van der Waals surface area contributed by atoms with Crippen molar-refractivity contribution in [2.45, 2.75) is 45.7 Å². The van der Waals surface area contributed by atoms with Gasteiger partial charge in [0, 0.05) is 26.4 Å². The summed E-state index contributed by atoms with van der Waals surface area (Å²) < 4.78 is 10.9. The molecule has 0 atom stereocenters. The van der Waals surface area contributed by atoms with Crippen molar-refractivity contribution in [2.24, 2.45) is 0 Å². The maximum Gasteiger partial charge on any atom is 0.455 e. The van der Waals surface area contributed by atoms with Crippen LogP contribution in [0.25, 0.3) is 0 Å². The Bertz CT molecular complexity index is 246. The fourth-order valence-electron chi connectivity index (χ4n) is 1.58. The van der Waals surface area contributed by atoms with Crippen molar-refractivity contribution in [3.8, 4) is 0 Å². The normalized spacial score (nSPS) is 17.2. The number of carbonyl (C=O) groups is 1. The molecule has 0 aromatic heterocycles. The molecule has 0 bridgehead atoms. The van der Waals surface area contributed by atoms with Crippen molar-refractivity contribution < 1.29 is 13.6 Å². The van der Waals surface area contributed by atoms with Gasteiger partial charge in [0.25, 0.3) is 5.97 Å². The molecule has 0 amide bonds. The Morgan fingerprint density at radius 3 is 2.64 bits per heavy atom. The second kappa shape index (κ2) is 4.64. The topological polar surface area (TPSA) is 35.5 Å². The van der Waals surface area contributed by atoms with Gasteiger partial charge in [-0.15, -0.1) is 0 Å². The Morgan fingerprint density at radius 1 is 1.43 bits per heavy atom. The lowest BCUT2D eigenvalue weighted by atomic mass is 10.1. The van der Waals surface area contributed by atoms with Crippen LogP contribution in [-0.2, 0) is 13.6 Å². The third kappa shape index (κ3) is 3.96. The van der Waals surface area contributed by atoms with E-state index in [4.69, 9.17) is 8.85 Å². The summed E-state index contributed by atoms with van der Waals surface area (Å²) in [6.45, 7) is 5.21. The molecule has 0 saturated carbocycles. The van der Waals surface area contributed by atoms with E-state index in [1.165, 1.54) is 19.8 Å². The second-order valence-electron chi connectivity index (χ2n) is 4.01. The van der Waals surface area contributed by atoms with Crippen LogP contribution < -0.4 is 0 Å². The van der Waals surface area contributed by atoms with Crippen LogP contribution in [0.15, 0.2) is 11.8 Å². The largest absolute Gasteiger partial charge is 0.516 e. The first-order valence-corrected chi connectivity index (χ1v) is 7.89. The Morgan fingerprint density at radius 2 is 2.14 bits per heavy atom. The lowest BCUT2D eigenvalue weighted by Crippen LogP contribution is -2.36. The van der Waals surface area contributed by atoms with E-state index in [9.17, 15) is 4.79 Å². The zero-order valence-corrected chi connectivity index (χ0v) is 10.1. The van der Waals surface area contributed by atoms with E-state index in [-0.39, 0.29) is 5.97 Å². The van der Waals surface area contributed by atoms with Crippen molar-refractivity contribution in [3.63, 3.8) is 0 Å². The van der Waals surface area contributed by atoms with E-state index < -0.39 is 8.56 Å². The van der Waals surface area contributed by atoms with Crippen molar-refractivity contribution in [1.82, 2.24) is 0 Å². The first-order chi connectivity index (χ1) is 6.49. The van der Waals surface area contributed by atoms with Crippen molar-refractivity contribution in [3.05, 3.63) is 11.8 Å². The lowest BCUT2D eigenvalue weighted by molar-refractivity contribution is -0.133. The SMILES string of the molecule is CC(=O)O[Si](C)(C)OC1=CCCCC1. The molecule has 0 heterocycles. The summed E-state index contributed by atoms with van der Waals surface area (Å²) in [6, 6.07) is 0. The summed E-state index contributed by atoms with van der Waals surface area (Å²) in [6.07, 6.45) is 6.60. The zero-order valence-electron chi connectivity index (χ0n) is 9.13. The van der Waals surface area contributed by atoms with E-state index >= 15 is 0 Å². The van der Waals surface area contributed by atoms with Gasteiger partial charge in [0.15, 0.2) is 0 Å². The van der Waals surface area contributed by atoms with Crippen molar-refractivity contribution >= 4 is 14.5 Å². The van der Waals surface area contributed by atoms with E-state index in [1.807, 2.05) is 13.1 Å². The quantitative estimate of drug-likeness (QED) is 0.678. The monoisotopic (exact) mass is 214 g/mol. The highest BCUT2D eigenvalue weighted by Gasteiger charge is 2.31. The van der Waals surface area contributed by atoms with Gasteiger partial charge in [-0.2, -0.15) is 0 Å². The van der Waals surface area contributed by atoms with Crippen LogP contribution in [0, 0.1) is 0 Å². The molecule has 0 unspecified atom stereocenters. The molecular formula is C10H18O3Si. The fourth-order valence-corrected chi connectivity index (χ4v) is 3.13. The summed E-state index contributed by atoms with van der Waals surface area (Å²) >= 11 is 0. The molecule has 14 heavy (non-hydrogen) atoms. The van der Waals surface area contributed by atoms with Gasteiger partial charge in [0.1, 0.15) is 0 Å². The fraction of sp³-hybridized carbons (Fsp3) is 0.700. The van der Waals surface area contributed by atoms with Gasteiger partial charge in [0.2, 0.25) is 0 Å². The minimum atomic E-state index is -2.27. The van der Waals surface area contributed by atoms with Gasteiger partial charge in [-0.25, -0.2) is 0 Å². The first kappa shape index (κ1) is 11.3. The highest BCUT2D eigenvalue weighted by Crippen LogP contribution is 2.22. The van der Waals surface area contributed by atoms with Crippen LogP contribution in [0.5, 0.6) is 0 Å². The van der Waals surface area contributed by atoms with Crippen LogP contribution in [0.3, 0.4) is 0 Å². The van der Waals surface area contributed by atoms with E-state index in [0.717, 1.165) is 18.6 Å². The molecule has 3 nitrogen and oxygen atoms in total. The minimum Gasteiger partial charge on any atom is -0.516 e. The molecule has 0 aliphatic heterocycles. The van der Waals surface area contributed by atoms with Crippen LogP contribution in [0.2, 0.25) is 13.1 Å². The van der Waals surface area contributed by atoms with Gasteiger partial charge in [-0.1, -0.05) is 0 Å². The maximum absolute atomic E-state index is 10.8. The Balaban J connectivity index is 2.48. The van der Waals surface area contributed by atoms with Crippen LogP contribution in [0.4, 0.5) is 0 Å². The average Bonchev–Trinajstić information content (AvgIpc) is 2.02. The first-order valence-electron chi connectivity index (χ1n) is 5.07.